The molecule has 0 radical (unpaired) electrons. The lowest BCUT2D eigenvalue weighted by Crippen LogP contribution is -2.44. The minimum Gasteiger partial charge on any atom is -0.509 e. The fraction of sp³-hybridized carbons (Fsp3) is 0.333. The first-order chi connectivity index (χ1) is 12.6. The summed E-state index contributed by atoms with van der Waals surface area (Å²) in [5.74, 6) is 0.231. The first kappa shape index (κ1) is 19.7. The van der Waals surface area contributed by atoms with Crippen molar-refractivity contribution in [2.45, 2.75) is 52.2 Å². The van der Waals surface area contributed by atoms with E-state index in [1.54, 1.807) is 0 Å². The van der Waals surface area contributed by atoms with Crippen molar-refractivity contribution >= 4 is 17.2 Å². The molecule has 0 amide bonds. The van der Waals surface area contributed by atoms with Crippen LogP contribution in [0.25, 0.3) is 16.7 Å². The van der Waals surface area contributed by atoms with Crippen LogP contribution in [-0.4, -0.2) is 16.3 Å². The van der Waals surface area contributed by atoms with Crippen LogP contribution in [0.15, 0.2) is 60.4 Å². The first-order valence-corrected chi connectivity index (χ1v) is 9.67. The fourth-order valence-electron chi connectivity index (χ4n) is 3.72. The average Bonchev–Trinajstić information content (AvgIpc) is 2.60. The Hall–Kier alpha value is -2.03. The predicted molar refractivity (Wildman–Crippen MR) is 114 cm³/mol. The molecule has 3 heteroatoms. The molecule has 2 aromatic rings. The zero-order chi connectivity index (χ0) is 20.0. The minimum atomic E-state index is -0.776. The molecule has 1 aliphatic heterocycles. The molecule has 2 nitrogen and oxygen atoms in total. The van der Waals surface area contributed by atoms with Gasteiger partial charge in [-0.2, -0.15) is 0 Å². The molecule has 27 heavy (non-hydrogen) atoms. The number of hydrogen-bond donors (Lipinski definition) is 1. The highest BCUT2D eigenvalue weighted by Crippen LogP contribution is 2.46. The van der Waals surface area contributed by atoms with Crippen molar-refractivity contribution in [3.63, 3.8) is 0 Å². The third kappa shape index (κ3) is 3.56. The monoisotopic (exact) mass is 382 g/mol. The van der Waals surface area contributed by atoms with E-state index in [0.717, 1.165) is 34.3 Å². The zero-order valence-electron chi connectivity index (χ0n) is 16.7. The van der Waals surface area contributed by atoms with Crippen LogP contribution in [0.4, 0.5) is 0 Å². The molecule has 0 spiro atoms. The predicted octanol–water partition coefficient (Wildman–Crippen LogP) is 6.98. The van der Waals surface area contributed by atoms with E-state index >= 15 is 0 Å². The van der Waals surface area contributed by atoms with Crippen LogP contribution < -0.4 is 0 Å². The van der Waals surface area contributed by atoms with Gasteiger partial charge in [-0.1, -0.05) is 49.4 Å². The molecule has 142 valence electrons. The normalized spacial score (nSPS) is 18.7. The number of hydrogen-bond acceptors (Lipinski definition) is 2. The van der Waals surface area contributed by atoms with Gasteiger partial charge in [-0.25, -0.2) is 0 Å². The number of aryl methyl sites for hydroxylation is 1. The summed E-state index contributed by atoms with van der Waals surface area (Å²) in [6, 6.07) is 14.2. The van der Waals surface area contributed by atoms with Crippen molar-refractivity contribution in [2.24, 2.45) is 0 Å². The Labute approximate surface area is 167 Å². The Morgan fingerprint density at radius 2 is 1.56 bits per heavy atom. The third-order valence-corrected chi connectivity index (χ3v) is 5.54. The van der Waals surface area contributed by atoms with E-state index in [1.165, 1.54) is 5.56 Å². The average molecular weight is 383 g/mol. The van der Waals surface area contributed by atoms with E-state index < -0.39 is 11.2 Å². The van der Waals surface area contributed by atoms with Crippen LogP contribution in [0.5, 0.6) is 0 Å². The maximum Gasteiger partial charge on any atom is 0.132 e. The molecule has 0 saturated carbocycles. The maximum absolute atomic E-state index is 11.0. The van der Waals surface area contributed by atoms with Crippen LogP contribution in [-0.2, 0) is 11.2 Å². The molecule has 0 aliphatic carbocycles. The van der Waals surface area contributed by atoms with Gasteiger partial charge >= 0.3 is 0 Å². The Kier molecular flexibility index (Phi) is 5.00. The molecule has 0 atom stereocenters. The second kappa shape index (κ2) is 6.85. The molecule has 0 bridgehead atoms. The smallest absolute Gasteiger partial charge is 0.132 e. The van der Waals surface area contributed by atoms with E-state index in [-0.39, 0.29) is 5.76 Å². The van der Waals surface area contributed by atoms with E-state index in [0.29, 0.717) is 5.02 Å². The molecule has 0 fully saturated rings. The lowest BCUT2D eigenvalue weighted by atomic mass is 9.78. The highest BCUT2D eigenvalue weighted by molar-refractivity contribution is 6.30. The van der Waals surface area contributed by atoms with Crippen LogP contribution >= 0.6 is 11.6 Å². The Bertz CT molecular complexity index is 918. The van der Waals surface area contributed by atoms with Gasteiger partial charge in [-0.05, 0) is 80.1 Å². The molecular formula is C24H27ClO2. The van der Waals surface area contributed by atoms with Crippen molar-refractivity contribution in [1.82, 2.24) is 0 Å². The van der Waals surface area contributed by atoms with E-state index in [9.17, 15) is 5.11 Å². The topological polar surface area (TPSA) is 29.5 Å². The van der Waals surface area contributed by atoms with Gasteiger partial charge in [0.05, 0.1) is 5.60 Å². The summed E-state index contributed by atoms with van der Waals surface area (Å²) in [4.78, 5) is 0. The molecule has 0 unspecified atom stereocenters. The SMILES string of the molecule is C=C1C(c2cc(-c3ccc(Cl)cc3)ccc2CC)=C(O)C(C)(C)OC1(C)C. The summed E-state index contributed by atoms with van der Waals surface area (Å²) in [6.07, 6.45) is 0.863. The van der Waals surface area contributed by atoms with Crippen molar-refractivity contribution in [2.75, 3.05) is 0 Å². The molecular weight excluding hydrogens is 356 g/mol. The van der Waals surface area contributed by atoms with Crippen molar-refractivity contribution in [3.05, 3.63) is 76.5 Å². The van der Waals surface area contributed by atoms with E-state index in [1.807, 2.05) is 52.0 Å². The number of aliphatic hydroxyl groups excluding tert-OH is 1. The summed E-state index contributed by atoms with van der Waals surface area (Å²) >= 11 is 6.03. The van der Waals surface area contributed by atoms with Gasteiger partial charge < -0.3 is 9.84 Å². The largest absolute Gasteiger partial charge is 0.509 e. The van der Waals surface area contributed by atoms with Gasteiger partial charge in [-0.15, -0.1) is 0 Å². The maximum atomic E-state index is 11.0. The second-order valence-electron chi connectivity index (χ2n) is 8.06. The Morgan fingerprint density at radius 3 is 2.15 bits per heavy atom. The quantitative estimate of drug-likeness (QED) is 0.620. The molecule has 3 rings (SSSR count). The summed E-state index contributed by atoms with van der Waals surface area (Å²) in [5.41, 5.74) is 4.59. The molecule has 1 aliphatic rings. The van der Waals surface area contributed by atoms with E-state index in [2.05, 4.69) is 31.7 Å². The number of aliphatic hydroxyl groups is 1. The number of benzene rings is 2. The highest BCUT2D eigenvalue weighted by atomic mass is 35.5. The van der Waals surface area contributed by atoms with Crippen LogP contribution in [0.3, 0.4) is 0 Å². The zero-order valence-corrected chi connectivity index (χ0v) is 17.4. The first-order valence-electron chi connectivity index (χ1n) is 9.29. The molecule has 1 heterocycles. The lowest BCUT2D eigenvalue weighted by molar-refractivity contribution is -0.103. The second-order valence-corrected chi connectivity index (χ2v) is 8.49. The summed E-state index contributed by atoms with van der Waals surface area (Å²) in [5, 5.41) is 11.8. The molecule has 1 N–H and O–H groups in total. The molecule has 0 aromatic heterocycles. The van der Waals surface area contributed by atoms with Gasteiger partial charge in [0, 0.05) is 10.6 Å². The fourth-order valence-corrected chi connectivity index (χ4v) is 3.85. The summed E-state index contributed by atoms with van der Waals surface area (Å²) in [6.45, 7) is 14.2. The molecule has 2 aromatic carbocycles. The standard InChI is InChI=1S/C24H27ClO2/c1-7-16-8-9-18(17-10-12-19(25)13-11-17)14-20(16)21-15(2)23(3,4)27-24(5,6)22(21)26/h8-14,26H,2,7H2,1,3-6H3. The van der Waals surface area contributed by atoms with E-state index in [4.69, 9.17) is 16.3 Å². The van der Waals surface area contributed by atoms with Gasteiger partial charge in [-0.3, -0.25) is 0 Å². The van der Waals surface area contributed by atoms with Gasteiger partial charge in [0.15, 0.2) is 0 Å². The Balaban J connectivity index is 2.24. The van der Waals surface area contributed by atoms with Crippen molar-refractivity contribution < 1.29 is 9.84 Å². The lowest BCUT2D eigenvalue weighted by Gasteiger charge is -2.43. The molecule has 0 saturated heterocycles. The number of halogens is 1. The number of rotatable bonds is 3. The minimum absolute atomic E-state index is 0.231. The van der Waals surface area contributed by atoms with Crippen LogP contribution in [0.1, 0.15) is 45.7 Å². The highest BCUT2D eigenvalue weighted by Gasteiger charge is 2.43. The third-order valence-electron chi connectivity index (χ3n) is 5.28. The Morgan fingerprint density at radius 1 is 0.963 bits per heavy atom. The van der Waals surface area contributed by atoms with Gasteiger partial charge in [0.1, 0.15) is 11.4 Å². The van der Waals surface area contributed by atoms with Crippen molar-refractivity contribution in [3.8, 4) is 11.1 Å². The van der Waals surface area contributed by atoms with Crippen LogP contribution in [0, 0.1) is 0 Å². The van der Waals surface area contributed by atoms with Gasteiger partial charge in [0.25, 0.3) is 0 Å². The number of ether oxygens (including phenoxy) is 1. The van der Waals surface area contributed by atoms with Crippen molar-refractivity contribution in [1.29, 1.82) is 0 Å². The van der Waals surface area contributed by atoms with Gasteiger partial charge in [0.2, 0.25) is 0 Å². The summed E-state index contributed by atoms with van der Waals surface area (Å²) in [7, 11) is 0. The van der Waals surface area contributed by atoms with Crippen LogP contribution in [0.2, 0.25) is 5.02 Å². The summed E-state index contributed by atoms with van der Waals surface area (Å²) < 4.78 is 6.12.